The van der Waals surface area contributed by atoms with Crippen LogP contribution in [0.3, 0.4) is 0 Å². The Morgan fingerprint density at radius 1 is 0.812 bits per heavy atom. The lowest BCUT2D eigenvalue weighted by Crippen LogP contribution is -2.65. The van der Waals surface area contributed by atoms with Gasteiger partial charge in [0.05, 0.1) is 13.2 Å². The molecule has 0 aliphatic carbocycles. The van der Waals surface area contributed by atoms with Crippen LogP contribution in [0, 0.1) is 0 Å². The van der Waals surface area contributed by atoms with Crippen molar-refractivity contribution < 1.29 is 59.5 Å². The zero-order valence-electron chi connectivity index (χ0n) is 17.0. The fourth-order valence-electron chi connectivity index (χ4n) is 3.59. The van der Waals surface area contributed by atoms with E-state index in [0.29, 0.717) is 5.56 Å². The predicted molar refractivity (Wildman–Crippen MR) is 103 cm³/mol. The van der Waals surface area contributed by atoms with E-state index in [4.69, 9.17) is 18.9 Å². The van der Waals surface area contributed by atoms with E-state index in [1.807, 2.05) is 0 Å². The maximum atomic E-state index is 12.5. The number of carbonyl (C=O) groups excluding carboxylic acids is 1. The zero-order valence-corrected chi connectivity index (χ0v) is 17.0. The van der Waals surface area contributed by atoms with Crippen LogP contribution in [0.4, 0.5) is 0 Å². The molecule has 2 heterocycles. The van der Waals surface area contributed by atoms with Crippen molar-refractivity contribution in [3.8, 4) is 0 Å². The van der Waals surface area contributed by atoms with Gasteiger partial charge in [0.15, 0.2) is 12.4 Å². The lowest BCUT2D eigenvalue weighted by Gasteiger charge is -2.45. The van der Waals surface area contributed by atoms with E-state index in [0.717, 1.165) is 0 Å². The number of esters is 1. The van der Waals surface area contributed by atoms with Gasteiger partial charge in [-0.3, -0.25) is 0 Å². The molecule has 32 heavy (non-hydrogen) atoms. The van der Waals surface area contributed by atoms with Crippen molar-refractivity contribution in [2.45, 2.75) is 67.8 Å². The maximum absolute atomic E-state index is 12.5. The van der Waals surface area contributed by atoms with Crippen molar-refractivity contribution in [3.05, 3.63) is 35.9 Å². The molecule has 7 unspecified atom stereocenters. The molecule has 12 nitrogen and oxygen atoms in total. The van der Waals surface area contributed by atoms with E-state index in [1.165, 1.54) is 0 Å². The second-order valence-corrected chi connectivity index (χ2v) is 7.65. The first-order valence-electron chi connectivity index (χ1n) is 10.1. The molecular weight excluding hydrogens is 432 g/mol. The van der Waals surface area contributed by atoms with Gasteiger partial charge < -0.3 is 54.7 Å². The number of carbonyl (C=O) groups is 1. The van der Waals surface area contributed by atoms with E-state index < -0.39 is 80.4 Å². The number of hydrogen-bond acceptors (Lipinski definition) is 12. The summed E-state index contributed by atoms with van der Waals surface area (Å²) >= 11 is 0. The first-order valence-corrected chi connectivity index (χ1v) is 10.1. The molecule has 2 aliphatic heterocycles. The molecule has 1 aromatic rings. The van der Waals surface area contributed by atoms with Crippen LogP contribution in [-0.4, -0.2) is 116 Å². The normalized spacial score (nSPS) is 40.1. The van der Waals surface area contributed by atoms with Crippen molar-refractivity contribution in [1.82, 2.24) is 0 Å². The van der Waals surface area contributed by atoms with E-state index in [2.05, 4.69) is 0 Å². The predicted octanol–water partition coefficient (Wildman–Crippen LogP) is -3.60. The SMILES string of the molecule is O=C(OCc1ccccc1)C1OC(CO)[C@H](O)C(O[C@@H]2OC(CO)[C@H](O)C(O)C2O)C1O. The van der Waals surface area contributed by atoms with E-state index in [1.54, 1.807) is 30.3 Å². The number of aliphatic hydroxyl groups is 7. The zero-order chi connectivity index (χ0) is 23.4. The van der Waals surface area contributed by atoms with E-state index >= 15 is 0 Å². The van der Waals surface area contributed by atoms with Crippen LogP contribution in [0.5, 0.6) is 0 Å². The molecule has 1 aromatic carbocycles. The molecule has 0 aromatic heterocycles. The van der Waals surface area contributed by atoms with Crippen molar-refractivity contribution in [2.24, 2.45) is 0 Å². The standard InChI is InChI=1S/C20H28O12/c21-6-10-12(23)14(25)15(26)20(31-10)32-17-13(24)11(7-22)30-18(16(17)27)19(28)29-8-9-4-2-1-3-5-9/h1-5,10-18,20-27H,6-8H2/t10?,11?,12-,13-,14?,15?,16?,17?,18?,20-/m0/s1. The molecule has 2 fully saturated rings. The van der Waals surface area contributed by atoms with Crippen molar-refractivity contribution >= 4 is 5.97 Å². The monoisotopic (exact) mass is 460 g/mol. The lowest BCUT2D eigenvalue weighted by atomic mass is 9.94. The van der Waals surface area contributed by atoms with Gasteiger partial charge in [-0.2, -0.15) is 0 Å². The number of rotatable bonds is 7. The quantitative estimate of drug-likeness (QED) is 0.198. The Morgan fingerprint density at radius 3 is 2.06 bits per heavy atom. The minimum Gasteiger partial charge on any atom is -0.459 e. The summed E-state index contributed by atoms with van der Waals surface area (Å²) in [7, 11) is 0. The van der Waals surface area contributed by atoms with Gasteiger partial charge in [-0.1, -0.05) is 30.3 Å². The third-order valence-corrected chi connectivity index (χ3v) is 5.46. The highest BCUT2D eigenvalue weighted by atomic mass is 16.7. The van der Waals surface area contributed by atoms with Crippen molar-refractivity contribution in [3.63, 3.8) is 0 Å². The summed E-state index contributed by atoms with van der Waals surface area (Å²) in [5.41, 5.74) is 0.680. The molecule has 0 bridgehead atoms. The van der Waals surface area contributed by atoms with E-state index in [-0.39, 0.29) is 6.61 Å². The maximum Gasteiger partial charge on any atom is 0.338 e. The molecule has 10 atom stereocenters. The molecule has 2 aliphatic rings. The molecule has 0 spiro atoms. The Hall–Kier alpha value is -1.71. The smallest absolute Gasteiger partial charge is 0.338 e. The van der Waals surface area contributed by atoms with Crippen LogP contribution in [0.25, 0.3) is 0 Å². The number of aliphatic hydroxyl groups excluding tert-OH is 7. The molecule has 180 valence electrons. The highest BCUT2D eigenvalue weighted by Crippen LogP contribution is 2.29. The molecule has 3 rings (SSSR count). The number of benzene rings is 1. The average molecular weight is 460 g/mol. The lowest BCUT2D eigenvalue weighted by molar-refractivity contribution is -0.340. The number of ether oxygens (including phenoxy) is 4. The molecule has 0 saturated carbocycles. The van der Waals surface area contributed by atoms with Gasteiger partial charge in [0.25, 0.3) is 0 Å². The average Bonchev–Trinajstić information content (AvgIpc) is 2.81. The molecule has 12 heteroatoms. The van der Waals surface area contributed by atoms with Crippen molar-refractivity contribution in [2.75, 3.05) is 13.2 Å². The topological polar surface area (TPSA) is 196 Å². The van der Waals surface area contributed by atoms with E-state index in [9.17, 15) is 40.5 Å². The Bertz CT molecular complexity index is 731. The highest BCUT2D eigenvalue weighted by molar-refractivity contribution is 5.75. The van der Waals surface area contributed by atoms with Gasteiger partial charge in [-0.05, 0) is 5.56 Å². The van der Waals surface area contributed by atoms with Crippen LogP contribution in [0.15, 0.2) is 30.3 Å². The molecule has 7 N–H and O–H groups in total. The van der Waals surface area contributed by atoms with Gasteiger partial charge in [0.2, 0.25) is 0 Å². The Morgan fingerprint density at radius 2 is 1.44 bits per heavy atom. The van der Waals surface area contributed by atoms with Crippen LogP contribution < -0.4 is 0 Å². The third-order valence-electron chi connectivity index (χ3n) is 5.46. The summed E-state index contributed by atoms with van der Waals surface area (Å²) in [6.07, 6.45) is -16.2. The Kier molecular flexibility index (Phi) is 8.52. The summed E-state index contributed by atoms with van der Waals surface area (Å²) in [4.78, 5) is 12.5. The fraction of sp³-hybridized carbons (Fsp3) is 0.650. The third kappa shape index (κ3) is 5.26. The fourth-order valence-corrected chi connectivity index (χ4v) is 3.59. The summed E-state index contributed by atoms with van der Waals surface area (Å²) in [5, 5.41) is 69.8. The Labute approximate surface area is 183 Å². The van der Waals surface area contributed by atoms with Gasteiger partial charge >= 0.3 is 5.97 Å². The van der Waals surface area contributed by atoms with Gasteiger partial charge in [0, 0.05) is 0 Å². The first kappa shape index (κ1) is 24.9. The molecule has 0 amide bonds. The summed E-state index contributed by atoms with van der Waals surface area (Å²) in [6, 6.07) is 8.72. The summed E-state index contributed by atoms with van der Waals surface area (Å²) in [5.74, 6) is -0.978. The van der Waals surface area contributed by atoms with Crippen LogP contribution >= 0.6 is 0 Å². The Balaban J connectivity index is 1.72. The van der Waals surface area contributed by atoms with Gasteiger partial charge in [-0.15, -0.1) is 0 Å². The van der Waals surface area contributed by atoms with Crippen molar-refractivity contribution in [1.29, 1.82) is 0 Å². The summed E-state index contributed by atoms with van der Waals surface area (Å²) < 4.78 is 21.1. The van der Waals surface area contributed by atoms with Crippen LogP contribution in [0.1, 0.15) is 5.56 Å². The molecular formula is C20H28O12. The second kappa shape index (κ2) is 10.9. The van der Waals surface area contributed by atoms with Crippen LogP contribution in [0.2, 0.25) is 0 Å². The number of hydrogen-bond donors (Lipinski definition) is 7. The largest absolute Gasteiger partial charge is 0.459 e. The minimum atomic E-state index is -1.80. The molecule has 2 saturated heterocycles. The minimum absolute atomic E-state index is 0.114. The first-order chi connectivity index (χ1) is 15.3. The van der Waals surface area contributed by atoms with Gasteiger partial charge in [-0.25, -0.2) is 4.79 Å². The molecule has 0 radical (unpaired) electrons. The highest BCUT2D eigenvalue weighted by Gasteiger charge is 2.52. The van der Waals surface area contributed by atoms with Crippen LogP contribution in [-0.2, 0) is 30.3 Å². The van der Waals surface area contributed by atoms with Gasteiger partial charge in [0.1, 0.15) is 55.4 Å². The second-order valence-electron chi connectivity index (χ2n) is 7.65. The summed E-state index contributed by atoms with van der Waals surface area (Å²) in [6.45, 7) is -1.56.